The minimum atomic E-state index is -1.44. The largest absolute Gasteiger partial charge is 1.00 e. The number of hydrogen-bond acceptors (Lipinski definition) is 5. The third-order valence-electron chi connectivity index (χ3n) is 6.63. The first-order valence-corrected chi connectivity index (χ1v) is 12.4. The van der Waals surface area contributed by atoms with Crippen molar-refractivity contribution in [1.82, 2.24) is 10.2 Å². The summed E-state index contributed by atoms with van der Waals surface area (Å²) < 4.78 is -0.711. The minimum Gasteiger partial charge on any atom is -1.00 e. The summed E-state index contributed by atoms with van der Waals surface area (Å²) in [6.45, 7) is 3.45. The van der Waals surface area contributed by atoms with Gasteiger partial charge in [0.25, 0.3) is 0 Å². The van der Waals surface area contributed by atoms with E-state index >= 15 is 0 Å². The summed E-state index contributed by atoms with van der Waals surface area (Å²) in [5, 5.41) is 20.8. The Hall–Kier alpha value is -0.330. The van der Waals surface area contributed by atoms with E-state index in [1.807, 2.05) is 0 Å². The molecule has 3 N–H and O–H groups in total. The molecule has 4 atom stereocenters. The number of carboxylic acids is 2. The van der Waals surface area contributed by atoms with Crippen LogP contribution < -0.4 is 94.0 Å². The number of benzene rings is 2. The van der Waals surface area contributed by atoms with E-state index in [2.05, 4.69) is 29.6 Å². The van der Waals surface area contributed by atoms with Gasteiger partial charge in [-0.25, -0.2) is 4.79 Å². The number of thioether (sulfide) groups is 1. The molecule has 0 radical (unpaired) electrons. The van der Waals surface area contributed by atoms with Gasteiger partial charge in [0, 0.05) is 4.75 Å². The van der Waals surface area contributed by atoms with Gasteiger partial charge in [-0.05, 0) is 49.8 Å². The number of carboxylic acid groups (broad SMARTS) is 2. The Bertz CT molecular complexity index is 1160. The Kier molecular flexibility index (Phi) is 14.1. The molecule has 2 saturated heterocycles. The number of nitrogens with one attached hydrogen (secondary N) is 1. The van der Waals surface area contributed by atoms with Crippen LogP contribution in [0.2, 0.25) is 0 Å². The van der Waals surface area contributed by atoms with E-state index < -0.39 is 51.9 Å². The number of β-lactam (4-membered cyclic amide) rings is 1. The first-order valence-electron chi connectivity index (χ1n) is 11.5. The van der Waals surface area contributed by atoms with E-state index in [0.717, 1.165) is 0 Å². The van der Waals surface area contributed by atoms with E-state index in [4.69, 9.17) is 0 Å². The molecule has 5 rings (SSSR count). The van der Waals surface area contributed by atoms with Crippen molar-refractivity contribution in [1.29, 1.82) is 0 Å². The smallest absolute Gasteiger partial charge is 1.00 e. The van der Waals surface area contributed by atoms with Crippen molar-refractivity contribution < 1.29 is 122 Å². The molecule has 0 spiro atoms. The van der Waals surface area contributed by atoms with E-state index in [1.165, 1.54) is 48.1 Å². The molecule has 2 fully saturated rings. The summed E-state index contributed by atoms with van der Waals surface area (Å²) in [5.41, 5.74) is 3.44. The number of aryl methyl sites for hydroxylation is 2. The fourth-order valence-electron chi connectivity index (χ4n) is 4.95. The molecule has 2 aliphatic heterocycles. The topological polar surface area (TPSA) is 124 Å². The number of carbonyl (C=O) groups is 4. The SMILES string of the molecule is CC1(C)S[C@@H]2[C@H](NC(=O)C(C(=O)O)c3ccccc3)C(=O)N2[C@H]1C(=O)O.[H-].[H-].[H-].[Na+].[Na+].[Na+].c1ccc2c(c1)CCC2. The van der Waals surface area contributed by atoms with Gasteiger partial charge in [0.15, 0.2) is 5.92 Å². The predicted octanol–water partition coefficient (Wildman–Crippen LogP) is -5.99. The number of fused-ring (bicyclic) bond motifs is 2. The number of nitrogens with zero attached hydrogens (tertiary/aromatic N) is 1. The van der Waals surface area contributed by atoms with Gasteiger partial charge in [0.2, 0.25) is 11.8 Å². The molecule has 38 heavy (non-hydrogen) atoms. The number of carbonyl (C=O) groups excluding carboxylic acids is 2. The van der Waals surface area contributed by atoms with Gasteiger partial charge in [-0.2, -0.15) is 0 Å². The molecule has 0 saturated carbocycles. The van der Waals surface area contributed by atoms with E-state index in [1.54, 1.807) is 43.2 Å². The van der Waals surface area contributed by atoms with Gasteiger partial charge in [-0.3, -0.25) is 14.4 Å². The van der Waals surface area contributed by atoms with Crippen LogP contribution in [0.5, 0.6) is 0 Å². The summed E-state index contributed by atoms with van der Waals surface area (Å²) in [6.07, 6.45) is 3.96. The molecule has 0 bridgehead atoms. The van der Waals surface area contributed by atoms with Crippen LogP contribution in [0.25, 0.3) is 0 Å². The monoisotopic (exact) mass is 568 g/mol. The van der Waals surface area contributed by atoms with Gasteiger partial charge in [-0.1, -0.05) is 54.6 Å². The molecule has 8 nitrogen and oxygen atoms in total. The molecular formula is C26H31N2Na3O6S. The molecule has 3 aliphatic rings. The van der Waals surface area contributed by atoms with Crippen LogP contribution in [0.15, 0.2) is 54.6 Å². The van der Waals surface area contributed by atoms with Crippen molar-refractivity contribution in [3.05, 3.63) is 71.3 Å². The van der Waals surface area contributed by atoms with Crippen LogP contribution in [0.4, 0.5) is 0 Å². The van der Waals surface area contributed by atoms with Crippen LogP contribution >= 0.6 is 11.8 Å². The molecule has 2 heterocycles. The summed E-state index contributed by atoms with van der Waals surface area (Å²) >= 11 is 1.29. The van der Waals surface area contributed by atoms with Crippen LogP contribution in [0, 0.1) is 0 Å². The minimum absolute atomic E-state index is 0. The van der Waals surface area contributed by atoms with Crippen LogP contribution in [-0.2, 0) is 32.0 Å². The Balaban J connectivity index is -0.000000828. The second kappa shape index (κ2) is 15.1. The molecule has 1 unspecified atom stereocenters. The molecule has 2 amide bonds. The van der Waals surface area contributed by atoms with Gasteiger partial charge in [0.05, 0.1) is 0 Å². The first-order chi connectivity index (χ1) is 16.6. The predicted molar refractivity (Wildman–Crippen MR) is 134 cm³/mol. The quantitative estimate of drug-likeness (QED) is 0.187. The molecular weight excluding hydrogens is 537 g/mol. The van der Waals surface area contributed by atoms with E-state index in [0.29, 0.717) is 5.56 Å². The maximum absolute atomic E-state index is 12.5. The zero-order chi connectivity index (χ0) is 25.3. The molecule has 1 aliphatic carbocycles. The van der Waals surface area contributed by atoms with Crippen LogP contribution in [-0.4, -0.2) is 61.1 Å². The Morgan fingerprint density at radius 1 is 0.974 bits per heavy atom. The molecule has 2 aromatic rings. The first kappa shape index (κ1) is 35.7. The molecule has 12 heteroatoms. The average Bonchev–Trinajstić information content (AvgIpc) is 3.39. The Morgan fingerprint density at radius 2 is 1.50 bits per heavy atom. The Morgan fingerprint density at radius 3 is 2.00 bits per heavy atom. The van der Waals surface area contributed by atoms with Gasteiger partial charge in [0.1, 0.15) is 17.5 Å². The standard InChI is InChI=1S/C17H18N2O6S.C9H10.3Na.3H/c1-17(2)11(16(24)25)19-13(21)10(14(19)26-17)18-12(20)9(15(22)23)8-6-4-3-5-7-8;1-2-5-9-7-3-6-8(9)4-1;;;;;;/h3-7,9-11,14H,1-2H3,(H,18,20)(H,22,23)(H,24,25);1-2,4-5H,3,6-7H2;;;;;;/q;;3*+1;3*-1/t9?,10-,11+,14-;;;;;;;/m1......./s1. The van der Waals surface area contributed by atoms with Crippen molar-refractivity contribution in [3.63, 3.8) is 0 Å². The summed E-state index contributed by atoms with van der Waals surface area (Å²) in [5.74, 6) is -5.16. The third kappa shape index (κ3) is 7.49. The second-order valence-corrected chi connectivity index (χ2v) is 11.2. The summed E-state index contributed by atoms with van der Waals surface area (Å²) in [4.78, 5) is 49.2. The summed E-state index contributed by atoms with van der Waals surface area (Å²) in [6, 6.07) is 14.8. The van der Waals surface area contributed by atoms with Crippen molar-refractivity contribution >= 4 is 35.5 Å². The van der Waals surface area contributed by atoms with Crippen LogP contribution in [0.1, 0.15) is 47.2 Å². The van der Waals surface area contributed by atoms with Gasteiger partial charge in [-0.15, -0.1) is 11.8 Å². The summed E-state index contributed by atoms with van der Waals surface area (Å²) in [7, 11) is 0. The van der Waals surface area contributed by atoms with Crippen molar-refractivity contribution in [3.8, 4) is 0 Å². The maximum atomic E-state index is 12.5. The van der Waals surface area contributed by atoms with Crippen molar-refractivity contribution in [2.24, 2.45) is 0 Å². The number of amides is 2. The van der Waals surface area contributed by atoms with Gasteiger partial charge < -0.3 is 24.7 Å². The molecule has 2 aromatic carbocycles. The van der Waals surface area contributed by atoms with E-state index in [9.17, 15) is 29.4 Å². The number of hydrogen-bond donors (Lipinski definition) is 3. The van der Waals surface area contributed by atoms with Crippen LogP contribution in [0.3, 0.4) is 0 Å². The normalized spacial score (nSPS) is 22.3. The number of rotatable bonds is 5. The van der Waals surface area contributed by atoms with Crippen molar-refractivity contribution in [2.75, 3.05) is 0 Å². The zero-order valence-corrected chi connectivity index (χ0v) is 29.3. The Labute approximate surface area is 297 Å². The second-order valence-electron chi connectivity index (χ2n) is 9.39. The average molecular weight is 569 g/mol. The molecule has 0 aromatic heterocycles. The fourth-order valence-corrected chi connectivity index (χ4v) is 6.57. The third-order valence-corrected chi connectivity index (χ3v) is 8.20. The molecule has 190 valence electrons. The van der Waals surface area contributed by atoms with Crippen molar-refractivity contribution in [2.45, 2.75) is 61.2 Å². The van der Waals surface area contributed by atoms with Gasteiger partial charge >= 0.3 is 101 Å². The maximum Gasteiger partial charge on any atom is 1.00 e. The zero-order valence-electron chi connectivity index (χ0n) is 25.5. The number of aliphatic carboxylic acids is 2. The fraction of sp³-hybridized carbons (Fsp3) is 0.385. The van der Waals surface area contributed by atoms with E-state index in [-0.39, 0.29) is 93.0 Å².